The molecular weight excluding hydrogens is 380 g/mol. The summed E-state index contributed by atoms with van der Waals surface area (Å²) in [5.41, 5.74) is 8.26. The first-order chi connectivity index (χ1) is 14.5. The van der Waals surface area contributed by atoms with Gasteiger partial charge in [0.15, 0.2) is 11.5 Å². The first kappa shape index (κ1) is 20.3. The molecule has 4 rings (SSSR count). The van der Waals surface area contributed by atoms with Gasteiger partial charge in [0.05, 0.1) is 13.2 Å². The minimum Gasteiger partial charge on any atom is -0.497 e. The van der Waals surface area contributed by atoms with Crippen LogP contribution in [-0.4, -0.2) is 33.7 Å². The summed E-state index contributed by atoms with van der Waals surface area (Å²) >= 11 is 0. The molecule has 3 atom stereocenters. The number of ether oxygens (including phenoxy) is 1. The minimum absolute atomic E-state index is 0.0446. The number of nitrogens with one attached hydrogen (secondary N) is 3. The van der Waals surface area contributed by atoms with E-state index in [1.165, 1.54) is 0 Å². The van der Waals surface area contributed by atoms with Gasteiger partial charge in [0.1, 0.15) is 11.8 Å². The number of hydrogen-bond acceptors (Lipinski definition) is 6. The Kier molecular flexibility index (Phi) is 5.96. The topological polar surface area (TPSA) is 92.6 Å². The van der Waals surface area contributed by atoms with Crippen molar-refractivity contribution in [3.8, 4) is 5.75 Å². The fraction of sp³-hybridized carbons (Fsp3) is 0.409. The molecule has 8 heteroatoms. The molecule has 8 nitrogen and oxygen atoms in total. The molecule has 1 aliphatic heterocycles. The molecular formula is C22H28N6O2. The highest BCUT2D eigenvalue weighted by Gasteiger charge is 2.32. The molecule has 158 valence electrons. The molecule has 3 heterocycles. The summed E-state index contributed by atoms with van der Waals surface area (Å²) in [6, 6.07) is 13.2. The van der Waals surface area contributed by atoms with Crippen molar-refractivity contribution in [1.82, 2.24) is 30.8 Å². The molecule has 1 saturated heterocycles. The molecule has 2 aromatic heterocycles. The number of carbonyl (C=O) groups is 1. The van der Waals surface area contributed by atoms with Gasteiger partial charge in [0.2, 0.25) is 5.91 Å². The van der Waals surface area contributed by atoms with Gasteiger partial charge in [-0.15, -0.1) is 10.2 Å². The highest BCUT2D eigenvalue weighted by molar-refractivity contribution is 5.82. The second kappa shape index (κ2) is 8.81. The maximum Gasteiger partial charge on any atom is 0.239 e. The lowest BCUT2D eigenvalue weighted by Crippen LogP contribution is -2.45. The first-order valence-electron chi connectivity index (χ1n) is 10.3. The van der Waals surface area contributed by atoms with Crippen LogP contribution >= 0.6 is 0 Å². The van der Waals surface area contributed by atoms with Gasteiger partial charge >= 0.3 is 0 Å². The largest absolute Gasteiger partial charge is 0.497 e. The lowest BCUT2D eigenvalue weighted by atomic mass is 10.00. The number of hydrazine groups is 1. The number of hydrogen-bond donors (Lipinski definition) is 3. The number of benzene rings is 1. The fourth-order valence-corrected chi connectivity index (χ4v) is 3.85. The third-order valence-corrected chi connectivity index (χ3v) is 5.41. The third-order valence-electron chi connectivity index (χ3n) is 5.41. The Bertz CT molecular complexity index is 1000. The van der Waals surface area contributed by atoms with Gasteiger partial charge < -0.3 is 10.1 Å². The molecule has 1 amide bonds. The lowest BCUT2D eigenvalue weighted by molar-refractivity contribution is -0.123. The second-order valence-electron chi connectivity index (χ2n) is 8.08. The number of amides is 1. The highest BCUT2D eigenvalue weighted by atomic mass is 16.5. The highest BCUT2D eigenvalue weighted by Crippen LogP contribution is 2.26. The first-order valence-corrected chi connectivity index (χ1v) is 10.3. The molecule has 30 heavy (non-hydrogen) atoms. The number of rotatable bonds is 7. The summed E-state index contributed by atoms with van der Waals surface area (Å²) in [6.45, 7) is 4.27. The van der Waals surface area contributed by atoms with E-state index in [-0.39, 0.29) is 24.0 Å². The Morgan fingerprint density at radius 3 is 2.73 bits per heavy atom. The van der Waals surface area contributed by atoms with Gasteiger partial charge in [0, 0.05) is 12.2 Å². The monoisotopic (exact) mass is 408 g/mol. The average molecular weight is 409 g/mol. The van der Waals surface area contributed by atoms with Crippen LogP contribution < -0.4 is 20.9 Å². The summed E-state index contributed by atoms with van der Waals surface area (Å²) in [6.07, 6.45) is 3.37. The fourth-order valence-electron chi connectivity index (χ4n) is 3.85. The van der Waals surface area contributed by atoms with Crippen LogP contribution in [0.4, 0.5) is 0 Å². The van der Waals surface area contributed by atoms with Gasteiger partial charge in [-0.3, -0.25) is 9.20 Å². The zero-order valence-corrected chi connectivity index (χ0v) is 17.5. The number of methoxy groups -OCH3 is 1. The van der Waals surface area contributed by atoms with E-state index in [0.29, 0.717) is 12.3 Å². The average Bonchev–Trinajstić information content (AvgIpc) is 3.41. The number of carbonyl (C=O) groups excluding carboxylic acids is 1. The van der Waals surface area contributed by atoms with E-state index >= 15 is 0 Å². The molecule has 1 aromatic carbocycles. The van der Waals surface area contributed by atoms with Gasteiger partial charge in [-0.25, -0.2) is 10.9 Å². The Morgan fingerprint density at radius 2 is 2.00 bits per heavy atom. The molecule has 0 bridgehead atoms. The van der Waals surface area contributed by atoms with E-state index in [1.54, 1.807) is 7.11 Å². The van der Waals surface area contributed by atoms with Crippen molar-refractivity contribution in [1.29, 1.82) is 0 Å². The lowest BCUT2D eigenvalue weighted by Gasteiger charge is -2.21. The van der Waals surface area contributed by atoms with E-state index < -0.39 is 0 Å². The maximum absolute atomic E-state index is 13.1. The zero-order chi connectivity index (χ0) is 21.1. The van der Waals surface area contributed by atoms with Crippen LogP contribution in [0.2, 0.25) is 0 Å². The predicted molar refractivity (Wildman–Crippen MR) is 114 cm³/mol. The summed E-state index contributed by atoms with van der Waals surface area (Å²) in [4.78, 5) is 13.1. The Labute approximate surface area is 176 Å². The van der Waals surface area contributed by atoms with Crippen molar-refractivity contribution < 1.29 is 9.53 Å². The standard InChI is InChI=1S/C22H28N6O2/c1-14(2)12-18(21-27-26-20-6-4-5-11-28(20)21)23-22(29)19-13-17(24-25-19)15-7-9-16(30-3)10-8-15/h4-11,14,17-19,24-25H,12-13H2,1-3H3,(H,23,29). The van der Waals surface area contributed by atoms with Gasteiger partial charge in [0.25, 0.3) is 0 Å². The van der Waals surface area contributed by atoms with E-state index in [0.717, 1.165) is 29.2 Å². The van der Waals surface area contributed by atoms with Crippen LogP contribution in [0.3, 0.4) is 0 Å². The SMILES string of the molecule is COc1ccc(C2CC(C(=O)NC(CC(C)C)c3nnc4ccccn34)NN2)cc1. The van der Waals surface area contributed by atoms with Crippen LogP contribution in [0.25, 0.3) is 5.65 Å². The molecule has 0 saturated carbocycles. The third kappa shape index (κ3) is 4.29. The molecule has 3 aromatic rings. The molecule has 1 aliphatic rings. The summed E-state index contributed by atoms with van der Waals surface area (Å²) in [5, 5.41) is 11.8. The molecule has 0 radical (unpaired) electrons. The van der Waals surface area contributed by atoms with Crippen molar-refractivity contribution in [2.75, 3.05) is 7.11 Å². The van der Waals surface area contributed by atoms with Crippen molar-refractivity contribution in [2.45, 2.75) is 44.8 Å². The van der Waals surface area contributed by atoms with Crippen molar-refractivity contribution in [3.05, 3.63) is 60.0 Å². The van der Waals surface area contributed by atoms with Crippen LogP contribution in [0, 0.1) is 5.92 Å². The number of aromatic nitrogens is 3. The van der Waals surface area contributed by atoms with Crippen molar-refractivity contribution in [2.24, 2.45) is 5.92 Å². The van der Waals surface area contributed by atoms with E-state index in [9.17, 15) is 4.79 Å². The molecule has 3 unspecified atom stereocenters. The minimum atomic E-state index is -0.328. The van der Waals surface area contributed by atoms with E-state index in [4.69, 9.17) is 4.74 Å². The number of nitrogens with zero attached hydrogens (tertiary/aromatic N) is 3. The maximum atomic E-state index is 13.1. The summed E-state index contributed by atoms with van der Waals surface area (Å²) < 4.78 is 7.16. The Balaban J connectivity index is 1.46. The van der Waals surface area contributed by atoms with Crippen LogP contribution in [0.15, 0.2) is 48.7 Å². The van der Waals surface area contributed by atoms with Gasteiger partial charge in [-0.05, 0) is 48.6 Å². The van der Waals surface area contributed by atoms with Crippen molar-refractivity contribution in [3.63, 3.8) is 0 Å². The molecule has 0 aliphatic carbocycles. The zero-order valence-electron chi connectivity index (χ0n) is 17.5. The van der Waals surface area contributed by atoms with Crippen molar-refractivity contribution >= 4 is 11.6 Å². The molecule has 1 fully saturated rings. The van der Waals surface area contributed by atoms with Crippen LogP contribution in [0.5, 0.6) is 5.75 Å². The quantitative estimate of drug-likeness (QED) is 0.556. The summed E-state index contributed by atoms with van der Waals surface area (Å²) in [7, 11) is 1.65. The van der Waals surface area contributed by atoms with Gasteiger partial charge in [-0.1, -0.05) is 32.0 Å². The summed E-state index contributed by atoms with van der Waals surface area (Å²) in [5.74, 6) is 1.92. The van der Waals surface area contributed by atoms with E-state index in [1.807, 2.05) is 53.1 Å². The number of pyridine rings is 1. The Hall–Kier alpha value is -2.97. The predicted octanol–water partition coefficient (Wildman–Crippen LogP) is 2.55. The molecule has 3 N–H and O–H groups in total. The van der Waals surface area contributed by atoms with Crippen LogP contribution in [0.1, 0.15) is 50.2 Å². The van der Waals surface area contributed by atoms with Crippen LogP contribution in [-0.2, 0) is 4.79 Å². The van der Waals surface area contributed by atoms with Gasteiger partial charge in [-0.2, -0.15) is 0 Å². The normalized spacial score (nSPS) is 19.9. The second-order valence-corrected chi connectivity index (χ2v) is 8.08. The number of fused-ring (bicyclic) bond motifs is 1. The smallest absolute Gasteiger partial charge is 0.239 e. The Morgan fingerprint density at radius 1 is 1.20 bits per heavy atom. The molecule has 0 spiro atoms. The van der Waals surface area contributed by atoms with E-state index in [2.05, 4.69) is 40.2 Å².